The van der Waals surface area contributed by atoms with Crippen LogP contribution in [0, 0.1) is 0 Å². The lowest BCUT2D eigenvalue weighted by Gasteiger charge is -2.26. The summed E-state index contributed by atoms with van der Waals surface area (Å²) in [5.41, 5.74) is 5.78. The van der Waals surface area contributed by atoms with Crippen LogP contribution in [0.4, 0.5) is 11.4 Å². The molecule has 2 amide bonds. The Bertz CT molecular complexity index is 1400. The molecule has 0 spiro atoms. The average Bonchev–Trinajstić information content (AvgIpc) is 2.86. The van der Waals surface area contributed by atoms with Crippen molar-refractivity contribution < 1.29 is 32.2 Å². The van der Waals surface area contributed by atoms with Gasteiger partial charge in [-0.05, 0) is 48.5 Å². The zero-order chi connectivity index (χ0) is 26.5. The van der Waals surface area contributed by atoms with E-state index < -0.39 is 28.4 Å². The van der Waals surface area contributed by atoms with Gasteiger partial charge >= 0.3 is 0 Å². The Morgan fingerprint density at radius 2 is 1.58 bits per heavy atom. The zero-order valence-corrected chi connectivity index (χ0v) is 21.2. The lowest BCUT2D eigenvalue weighted by Crippen LogP contribution is -2.38. The molecule has 190 valence electrons. The Hall–Kier alpha value is -3.96. The second kappa shape index (κ2) is 11.2. The van der Waals surface area contributed by atoms with Crippen LogP contribution in [0.15, 0.2) is 65.6 Å². The lowest BCUT2D eigenvalue weighted by atomic mass is 10.2. The minimum atomic E-state index is -4.35. The fourth-order valence-corrected chi connectivity index (χ4v) is 4.95. The van der Waals surface area contributed by atoms with E-state index >= 15 is 0 Å². The number of sulfonamides is 1. The highest BCUT2D eigenvalue weighted by atomic mass is 35.5. The van der Waals surface area contributed by atoms with Crippen LogP contribution in [0.5, 0.6) is 17.2 Å². The number of hydrogen-bond acceptors (Lipinski definition) is 7. The number of nitrogens with one attached hydrogen (secondary N) is 1. The van der Waals surface area contributed by atoms with Gasteiger partial charge in [-0.25, -0.2) is 8.42 Å². The van der Waals surface area contributed by atoms with Crippen molar-refractivity contribution in [2.45, 2.75) is 4.90 Å². The molecule has 36 heavy (non-hydrogen) atoms. The highest BCUT2D eigenvalue weighted by Crippen LogP contribution is 2.37. The van der Waals surface area contributed by atoms with Gasteiger partial charge in [-0.15, -0.1) is 0 Å². The summed E-state index contributed by atoms with van der Waals surface area (Å²) < 4.78 is 44.2. The molecule has 0 aliphatic carbocycles. The normalized spacial score (nSPS) is 10.9. The molecule has 0 unspecified atom stereocenters. The number of amides is 2. The van der Waals surface area contributed by atoms with Gasteiger partial charge in [-0.1, -0.05) is 17.7 Å². The maximum atomic E-state index is 13.8. The summed E-state index contributed by atoms with van der Waals surface area (Å²) in [5, 5.41) is 2.81. The van der Waals surface area contributed by atoms with Gasteiger partial charge < -0.3 is 25.3 Å². The Kier molecular flexibility index (Phi) is 8.28. The van der Waals surface area contributed by atoms with Crippen LogP contribution in [-0.4, -0.2) is 48.1 Å². The van der Waals surface area contributed by atoms with Crippen LogP contribution < -0.4 is 29.6 Å². The number of methoxy groups -OCH3 is 3. The van der Waals surface area contributed by atoms with Crippen LogP contribution in [0.1, 0.15) is 10.4 Å². The summed E-state index contributed by atoms with van der Waals surface area (Å²) in [6.07, 6.45) is 0. The van der Waals surface area contributed by atoms with Gasteiger partial charge in [-0.2, -0.15) is 0 Å². The van der Waals surface area contributed by atoms with Crippen LogP contribution in [0.25, 0.3) is 0 Å². The molecule has 0 aliphatic heterocycles. The summed E-state index contributed by atoms with van der Waals surface area (Å²) in [7, 11) is -0.183. The third-order valence-electron chi connectivity index (χ3n) is 5.07. The molecule has 3 rings (SSSR count). The number of benzene rings is 3. The van der Waals surface area contributed by atoms with Gasteiger partial charge in [0.25, 0.3) is 10.0 Å². The molecule has 12 heteroatoms. The Morgan fingerprint density at radius 1 is 0.917 bits per heavy atom. The third-order valence-corrected chi connectivity index (χ3v) is 7.06. The van der Waals surface area contributed by atoms with Gasteiger partial charge in [0.05, 0.1) is 31.9 Å². The molecule has 0 radical (unpaired) electrons. The first-order valence-corrected chi connectivity index (χ1v) is 12.2. The zero-order valence-electron chi connectivity index (χ0n) is 19.6. The topological polar surface area (TPSA) is 137 Å². The molecule has 0 fully saturated rings. The molecular formula is C24H24ClN3O7S. The summed E-state index contributed by atoms with van der Waals surface area (Å²) in [6.45, 7) is -0.645. The van der Waals surface area contributed by atoms with Crippen molar-refractivity contribution in [2.75, 3.05) is 37.5 Å². The fourth-order valence-electron chi connectivity index (χ4n) is 3.34. The van der Waals surface area contributed by atoms with E-state index in [1.807, 2.05) is 0 Å². The SMILES string of the molecule is COc1ccc(S(=O)(=O)N(CC(=O)Nc2cccc(C(N)=O)c2)c2cc(Cl)ccc2OC)cc1OC. The van der Waals surface area contributed by atoms with Gasteiger partial charge in [-0.3, -0.25) is 13.9 Å². The first-order valence-electron chi connectivity index (χ1n) is 10.4. The maximum absolute atomic E-state index is 13.8. The number of nitrogens with zero attached hydrogens (tertiary/aromatic N) is 1. The lowest BCUT2D eigenvalue weighted by molar-refractivity contribution is -0.114. The van der Waals surface area contributed by atoms with Crippen molar-refractivity contribution in [1.29, 1.82) is 0 Å². The van der Waals surface area contributed by atoms with Gasteiger partial charge in [0.2, 0.25) is 11.8 Å². The Balaban J connectivity index is 2.06. The molecule has 10 nitrogen and oxygen atoms in total. The number of carbonyl (C=O) groups is 2. The molecular weight excluding hydrogens is 510 g/mol. The smallest absolute Gasteiger partial charge is 0.265 e. The van der Waals surface area contributed by atoms with Crippen molar-refractivity contribution in [1.82, 2.24) is 0 Å². The quantitative estimate of drug-likeness (QED) is 0.408. The number of hydrogen-bond donors (Lipinski definition) is 2. The van der Waals surface area contributed by atoms with Crippen molar-refractivity contribution in [3.05, 3.63) is 71.2 Å². The number of halogens is 1. The van der Waals surface area contributed by atoms with E-state index in [0.717, 1.165) is 4.31 Å². The number of primary amides is 1. The molecule has 3 aromatic carbocycles. The molecule has 0 bridgehead atoms. The van der Waals surface area contributed by atoms with Crippen molar-refractivity contribution in [2.24, 2.45) is 5.73 Å². The molecule has 0 aliphatic rings. The Morgan fingerprint density at radius 3 is 2.22 bits per heavy atom. The summed E-state index contributed by atoms with van der Waals surface area (Å²) in [6, 6.07) is 14.4. The minimum Gasteiger partial charge on any atom is -0.495 e. The predicted octanol–water partition coefficient (Wildman–Crippen LogP) is 3.30. The molecule has 0 atom stereocenters. The minimum absolute atomic E-state index is 0.0424. The number of anilines is 2. The summed E-state index contributed by atoms with van der Waals surface area (Å²) >= 11 is 6.16. The number of nitrogens with two attached hydrogens (primary N) is 1. The third kappa shape index (κ3) is 5.81. The highest BCUT2D eigenvalue weighted by Gasteiger charge is 2.31. The molecule has 3 aromatic rings. The van der Waals surface area contributed by atoms with Gasteiger partial charge in [0.15, 0.2) is 11.5 Å². The number of ether oxygens (including phenoxy) is 3. The molecule has 3 N–H and O–H groups in total. The monoisotopic (exact) mass is 533 g/mol. The predicted molar refractivity (Wildman–Crippen MR) is 136 cm³/mol. The van der Waals surface area contributed by atoms with E-state index in [0.29, 0.717) is 5.75 Å². The standard InChI is InChI=1S/C24H24ClN3O7S/c1-33-20-9-7-16(25)12-19(20)28(14-23(29)27-17-6-4-5-15(11-17)24(26)30)36(31,32)18-8-10-21(34-2)22(13-18)35-3/h4-13H,14H2,1-3H3,(H2,26,30)(H,27,29). The van der Waals surface area contributed by atoms with Crippen LogP contribution in [0.2, 0.25) is 5.02 Å². The number of carbonyl (C=O) groups excluding carboxylic acids is 2. The second-order valence-electron chi connectivity index (χ2n) is 7.34. The fraction of sp³-hybridized carbons (Fsp3) is 0.167. The molecule has 0 saturated carbocycles. The van der Waals surface area contributed by atoms with Crippen molar-refractivity contribution in [3.8, 4) is 17.2 Å². The van der Waals surface area contributed by atoms with Gasteiger partial charge in [0, 0.05) is 22.3 Å². The maximum Gasteiger partial charge on any atom is 0.265 e. The highest BCUT2D eigenvalue weighted by molar-refractivity contribution is 7.92. The van der Waals surface area contributed by atoms with E-state index in [1.165, 1.54) is 82.0 Å². The average molecular weight is 534 g/mol. The van der Waals surface area contributed by atoms with Crippen molar-refractivity contribution >= 4 is 44.8 Å². The van der Waals surface area contributed by atoms with E-state index in [2.05, 4.69) is 5.32 Å². The molecule has 0 heterocycles. The van der Waals surface area contributed by atoms with E-state index in [9.17, 15) is 18.0 Å². The second-order valence-corrected chi connectivity index (χ2v) is 9.64. The number of rotatable bonds is 10. The first-order chi connectivity index (χ1) is 17.1. The van der Waals surface area contributed by atoms with E-state index in [1.54, 1.807) is 0 Å². The van der Waals surface area contributed by atoms with Crippen molar-refractivity contribution in [3.63, 3.8) is 0 Å². The first kappa shape index (κ1) is 26.6. The van der Waals surface area contributed by atoms with Crippen LogP contribution in [-0.2, 0) is 14.8 Å². The van der Waals surface area contributed by atoms with E-state index in [-0.39, 0.29) is 38.4 Å². The molecule has 0 aromatic heterocycles. The Labute approximate surface area is 213 Å². The summed E-state index contributed by atoms with van der Waals surface area (Å²) in [5.74, 6) is -0.679. The van der Waals surface area contributed by atoms with Gasteiger partial charge in [0.1, 0.15) is 12.3 Å². The molecule has 0 saturated heterocycles. The van der Waals surface area contributed by atoms with E-state index in [4.69, 9.17) is 31.5 Å². The summed E-state index contributed by atoms with van der Waals surface area (Å²) in [4.78, 5) is 24.3. The van der Waals surface area contributed by atoms with Crippen LogP contribution in [0.3, 0.4) is 0 Å². The largest absolute Gasteiger partial charge is 0.495 e. The van der Waals surface area contributed by atoms with Crippen LogP contribution >= 0.6 is 11.6 Å².